The Labute approximate surface area is 110 Å². The number of amides is 1. The van der Waals surface area contributed by atoms with Gasteiger partial charge >= 0.3 is 0 Å². The van der Waals surface area contributed by atoms with Gasteiger partial charge < -0.3 is 15.4 Å². The fourth-order valence-corrected chi connectivity index (χ4v) is 2.10. The van der Waals surface area contributed by atoms with Crippen LogP contribution >= 0.6 is 11.3 Å². The van der Waals surface area contributed by atoms with Gasteiger partial charge in [0.1, 0.15) is 5.75 Å². The van der Waals surface area contributed by atoms with Crippen LogP contribution in [0.5, 0.6) is 5.75 Å². The van der Waals surface area contributed by atoms with Crippen molar-refractivity contribution in [3.8, 4) is 5.75 Å². The van der Waals surface area contributed by atoms with Crippen LogP contribution < -0.4 is 15.4 Å². The van der Waals surface area contributed by atoms with Gasteiger partial charge in [-0.05, 0) is 23.6 Å². The lowest BCUT2D eigenvalue weighted by Gasteiger charge is -2.10. The van der Waals surface area contributed by atoms with Crippen LogP contribution in [0, 0.1) is 0 Å². The smallest absolute Gasteiger partial charge is 0.243 e. The van der Waals surface area contributed by atoms with E-state index in [1.165, 1.54) is 0 Å². The third-order valence-corrected chi connectivity index (χ3v) is 3.04. The average molecular weight is 262 g/mol. The molecule has 0 spiro atoms. The first-order valence-electron chi connectivity index (χ1n) is 5.48. The molecule has 2 aromatic rings. The second kappa shape index (κ2) is 6.07. The van der Waals surface area contributed by atoms with Crippen LogP contribution in [-0.4, -0.2) is 19.6 Å². The number of anilines is 2. The summed E-state index contributed by atoms with van der Waals surface area (Å²) in [5.74, 6) is 0.548. The fraction of sp³-hybridized carbons (Fsp3) is 0.154. The Morgan fingerprint density at radius 2 is 2.17 bits per heavy atom. The topological polar surface area (TPSA) is 50.4 Å². The van der Waals surface area contributed by atoms with Gasteiger partial charge in [0, 0.05) is 11.1 Å². The minimum atomic E-state index is -0.106. The molecule has 0 radical (unpaired) electrons. The molecule has 2 rings (SSSR count). The van der Waals surface area contributed by atoms with Gasteiger partial charge in [-0.15, -0.1) is 0 Å². The maximum atomic E-state index is 11.8. The molecule has 94 valence electrons. The number of benzene rings is 1. The second-order valence-corrected chi connectivity index (χ2v) is 4.39. The number of hydrogen-bond acceptors (Lipinski definition) is 4. The van der Waals surface area contributed by atoms with E-state index in [0.29, 0.717) is 11.4 Å². The molecule has 5 heteroatoms. The number of carbonyl (C=O) groups is 1. The Morgan fingerprint density at radius 1 is 1.33 bits per heavy atom. The van der Waals surface area contributed by atoms with Crippen LogP contribution in [0.25, 0.3) is 0 Å². The number of carbonyl (C=O) groups excluding carboxylic acids is 1. The van der Waals surface area contributed by atoms with E-state index < -0.39 is 0 Å². The van der Waals surface area contributed by atoms with Crippen molar-refractivity contribution in [3.63, 3.8) is 0 Å². The van der Waals surface area contributed by atoms with E-state index in [1.54, 1.807) is 24.5 Å². The highest BCUT2D eigenvalue weighted by molar-refractivity contribution is 7.08. The minimum Gasteiger partial charge on any atom is -0.495 e. The maximum absolute atomic E-state index is 11.8. The predicted octanol–water partition coefficient (Wildman–Crippen LogP) is 2.81. The maximum Gasteiger partial charge on any atom is 0.243 e. The molecule has 0 saturated carbocycles. The van der Waals surface area contributed by atoms with E-state index in [2.05, 4.69) is 10.6 Å². The van der Waals surface area contributed by atoms with Gasteiger partial charge in [0.15, 0.2) is 0 Å². The Kier molecular flexibility index (Phi) is 4.20. The fourth-order valence-electron chi connectivity index (χ4n) is 1.49. The first-order valence-corrected chi connectivity index (χ1v) is 6.43. The highest BCUT2D eigenvalue weighted by atomic mass is 32.1. The Hall–Kier alpha value is -2.01. The standard InChI is InChI=1S/C13H14N2O2S/c1-17-12-5-3-2-4-11(12)15-13(16)8-14-10-6-7-18-9-10/h2-7,9,14H,8H2,1H3,(H,15,16). The van der Waals surface area contributed by atoms with Gasteiger partial charge in [-0.3, -0.25) is 4.79 Å². The number of thiophene rings is 1. The number of para-hydroxylation sites is 2. The normalized spacial score (nSPS) is 9.83. The highest BCUT2D eigenvalue weighted by Gasteiger charge is 2.06. The highest BCUT2D eigenvalue weighted by Crippen LogP contribution is 2.22. The Morgan fingerprint density at radius 3 is 2.89 bits per heavy atom. The summed E-state index contributed by atoms with van der Waals surface area (Å²) in [6, 6.07) is 9.26. The summed E-state index contributed by atoms with van der Waals surface area (Å²) < 4.78 is 5.16. The summed E-state index contributed by atoms with van der Waals surface area (Å²) in [5.41, 5.74) is 1.63. The molecule has 4 nitrogen and oxygen atoms in total. The van der Waals surface area contributed by atoms with Gasteiger partial charge in [-0.25, -0.2) is 0 Å². The number of methoxy groups -OCH3 is 1. The zero-order chi connectivity index (χ0) is 12.8. The molecule has 0 aliphatic rings. The van der Waals surface area contributed by atoms with Crippen molar-refractivity contribution in [3.05, 3.63) is 41.1 Å². The SMILES string of the molecule is COc1ccccc1NC(=O)CNc1ccsc1. The summed E-state index contributed by atoms with van der Waals surface area (Å²) in [6.07, 6.45) is 0. The molecule has 2 N–H and O–H groups in total. The average Bonchev–Trinajstić information content (AvgIpc) is 2.90. The summed E-state index contributed by atoms with van der Waals surface area (Å²) in [7, 11) is 1.58. The summed E-state index contributed by atoms with van der Waals surface area (Å²) in [6.45, 7) is 0.231. The molecule has 18 heavy (non-hydrogen) atoms. The van der Waals surface area contributed by atoms with Crippen LogP contribution in [0.4, 0.5) is 11.4 Å². The number of nitrogens with one attached hydrogen (secondary N) is 2. The molecule has 0 unspecified atom stereocenters. The van der Waals surface area contributed by atoms with Gasteiger partial charge in [0.25, 0.3) is 0 Å². The van der Waals surface area contributed by atoms with E-state index in [0.717, 1.165) is 5.69 Å². The molecule has 1 amide bonds. The van der Waals surface area contributed by atoms with Crippen molar-refractivity contribution in [1.29, 1.82) is 0 Å². The lowest BCUT2D eigenvalue weighted by Crippen LogP contribution is -2.21. The van der Waals surface area contributed by atoms with Crippen LogP contribution in [0.2, 0.25) is 0 Å². The molecule has 0 fully saturated rings. The van der Waals surface area contributed by atoms with Gasteiger partial charge in [0.05, 0.1) is 19.3 Å². The second-order valence-electron chi connectivity index (χ2n) is 3.61. The quantitative estimate of drug-likeness (QED) is 0.871. The molecule has 0 aliphatic carbocycles. The molecule has 1 aromatic heterocycles. The molecule has 0 atom stereocenters. The lowest BCUT2D eigenvalue weighted by molar-refractivity contribution is -0.114. The van der Waals surface area contributed by atoms with Crippen molar-refractivity contribution in [1.82, 2.24) is 0 Å². The molecule has 1 aromatic carbocycles. The van der Waals surface area contributed by atoms with Crippen LogP contribution in [0.15, 0.2) is 41.1 Å². The predicted molar refractivity (Wildman–Crippen MR) is 74.4 cm³/mol. The van der Waals surface area contributed by atoms with Crippen molar-refractivity contribution in [2.24, 2.45) is 0 Å². The number of rotatable bonds is 5. The monoisotopic (exact) mass is 262 g/mol. The number of hydrogen-bond donors (Lipinski definition) is 2. The molecular weight excluding hydrogens is 248 g/mol. The summed E-state index contributed by atoms with van der Waals surface area (Å²) in [4.78, 5) is 11.8. The van der Waals surface area contributed by atoms with Crippen molar-refractivity contribution in [2.45, 2.75) is 0 Å². The van der Waals surface area contributed by atoms with E-state index in [9.17, 15) is 4.79 Å². The van der Waals surface area contributed by atoms with Crippen molar-refractivity contribution < 1.29 is 9.53 Å². The van der Waals surface area contributed by atoms with Crippen molar-refractivity contribution >= 4 is 28.6 Å². The number of ether oxygens (including phenoxy) is 1. The molecule has 0 aliphatic heterocycles. The van der Waals surface area contributed by atoms with E-state index in [-0.39, 0.29) is 12.5 Å². The molecule has 0 bridgehead atoms. The van der Waals surface area contributed by atoms with E-state index in [1.807, 2.05) is 35.0 Å². The minimum absolute atomic E-state index is 0.106. The van der Waals surface area contributed by atoms with Crippen LogP contribution in [0.1, 0.15) is 0 Å². The van der Waals surface area contributed by atoms with Crippen molar-refractivity contribution in [2.75, 3.05) is 24.3 Å². The lowest BCUT2D eigenvalue weighted by atomic mass is 10.3. The first-order chi connectivity index (χ1) is 8.79. The van der Waals surface area contributed by atoms with Crippen LogP contribution in [0.3, 0.4) is 0 Å². The van der Waals surface area contributed by atoms with Crippen LogP contribution in [-0.2, 0) is 4.79 Å². The molecular formula is C13H14N2O2S. The summed E-state index contributed by atoms with van der Waals surface area (Å²) in [5, 5.41) is 9.75. The summed E-state index contributed by atoms with van der Waals surface area (Å²) >= 11 is 1.59. The zero-order valence-corrected chi connectivity index (χ0v) is 10.8. The molecule has 1 heterocycles. The van der Waals surface area contributed by atoms with E-state index in [4.69, 9.17) is 4.74 Å². The van der Waals surface area contributed by atoms with Gasteiger partial charge in [-0.1, -0.05) is 12.1 Å². The Balaban J connectivity index is 1.90. The Bertz CT molecular complexity index is 511. The van der Waals surface area contributed by atoms with E-state index >= 15 is 0 Å². The first kappa shape index (κ1) is 12.4. The van der Waals surface area contributed by atoms with Gasteiger partial charge in [-0.2, -0.15) is 11.3 Å². The van der Waals surface area contributed by atoms with Gasteiger partial charge in [0.2, 0.25) is 5.91 Å². The largest absolute Gasteiger partial charge is 0.495 e. The third kappa shape index (κ3) is 3.24. The molecule has 0 saturated heterocycles. The zero-order valence-electron chi connectivity index (χ0n) is 9.97. The third-order valence-electron chi connectivity index (χ3n) is 2.36.